The van der Waals surface area contributed by atoms with Gasteiger partial charge in [0.25, 0.3) is 0 Å². The number of carbonyl (C=O) groups is 2. The first-order valence-electron chi connectivity index (χ1n) is 9.06. The molecule has 0 atom stereocenters. The van der Waals surface area contributed by atoms with Crippen molar-refractivity contribution in [1.82, 2.24) is 4.72 Å². The largest absolute Gasteiger partial charge is 0.326 e. The molecule has 3 aromatic carbocycles. The molecule has 0 aromatic heterocycles. The van der Waals surface area contributed by atoms with E-state index in [0.717, 1.165) is 5.56 Å². The molecule has 2 N–H and O–H groups in total. The predicted octanol–water partition coefficient (Wildman–Crippen LogP) is 3.68. The molecule has 8 heteroatoms. The molecule has 3 aromatic rings. The van der Waals surface area contributed by atoms with Crippen molar-refractivity contribution >= 4 is 39.0 Å². The van der Waals surface area contributed by atoms with Crippen LogP contribution in [0.15, 0.2) is 83.8 Å². The lowest BCUT2D eigenvalue weighted by molar-refractivity contribution is -0.115. The molecule has 3 rings (SSSR count). The third-order valence-corrected chi connectivity index (χ3v) is 5.87. The van der Waals surface area contributed by atoms with Gasteiger partial charge in [0, 0.05) is 16.3 Å². The molecule has 0 spiro atoms. The van der Waals surface area contributed by atoms with Crippen LogP contribution in [0.5, 0.6) is 0 Å². The molecule has 154 valence electrons. The number of rotatable bonds is 8. The summed E-state index contributed by atoms with van der Waals surface area (Å²) in [6, 6.07) is 21.1. The molecular weight excluding hydrogens is 424 g/mol. The quantitative estimate of drug-likeness (QED) is 0.520. The Kier molecular flexibility index (Phi) is 6.99. The average Bonchev–Trinajstić information content (AvgIpc) is 2.73. The number of amides is 1. The number of hydrogen-bond acceptors (Lipinski definition) is 4. The summed E-state index contributed by atoms with van der Waals surface area (Å²) in [6.07, 6.45) is 0.143. The highest BCUT2D eigenvalue weighted by Gasteiger charge is 2.16. The highest BCUT2D eigenvalue weighted by Crippen LogP contribution is 2.16. The lowest BCUT2D eigenvalue weighted by Gasteiger charge is -2.09. The maximum atomic E-state index is 12.4. The van der Waals surface area contributed by atoms with E-state index in [0.29, 0.717) is 16.3 Å². The second kappa shape index (κ2) is 9.67. The molecule has 0 aliphatic carbocycles. The van der Waals surface area contributed by atoms with E-state index in [1.165, 1.54) is 24.3 Å². The van der Waals surface area contributed by atoms with Gasteiger partial charge in [0.1, 0.15) is 0 Å². The highest BCUT2D eigenvalue weighted by atomic mass is 35.5. The fourth-order valence-electron chi connectivity index (χ4n) is 2.72. The van der Waals surface area contributed by atoms with Crippen LogP contribution in [-0.4, -0.2) is 26.7 Å². The zero-order valence-corrected chi connectivity index (χ0v) is 17.4. The summed E-state index contributed by atoms with van der Waals surface area (Å²) in [5.74, 6) is -0.580. The van der Waals surface area contributed by atoms with Crippen LogP contribution >= 0.6 is 11.6 Å². The van der Waals surface area contributed by atoms with Crippen LogP contribution in [0.1, 0.15) is 15.9 Å². The third-order valence-electron chi connectivity index (χ3n) is 4.22. The van der Waals surface area contributed by atoms with Crippen molar-refractivity contribution in [2.24, 2.45) is 0 Å². The Hall–Kier alpha value is -3.00. The maximum Gasteiger partial charge on any atom is 0.240 e. The van der Waals surface area contributed by atoms with E-state index in [-0.39, 0.29) is 29.6 Å². The van der Waals surface area contributed by atoms with Crippen LogP contribution in [0, 0.1) is 0 Å². The number of sulfonamides is 1. The molecule has 0 bridgehead atoms. The van der Waals surface area contributed by atoms with Crippen molar-refractivity contribution < 1.29 is 18.0 Å². The number of Topliss-reactive ketones (excluding diaryl/α,β-unsaturated/α-hetero) is 1. The van der Waals surface area contributed by atoms with Gasteiger partial charge in [-0.15, -0.1) is 0 Å². The molecule has 0 saturated heterocycles. The summed E-state index contributed by atoms with van der Waals surface area (Å²) in [5, 5.41) is 3.26. The van der Waals surface area contributed by atoms with Gasteiger partial charge in [0.05, 0.1) is 17.9 Å². The summed E-state index contributed by atoms with van der Waals surface area (Å²) in [7, 11) is -3.86. The number of nitrogens with one attached hydrogen (secondary N) is 2. The first-order valence-corrected chi connectivity index (χ1v) is 10.9. The molecule has 0 heterocycles. The number of anilines is 1. The fourth-order valence-corrected chi connectivity index (χ4v) is 3.92. The topological polar surface area (TPSA) is 92.3 Å². The second-order valence-corrected chi connectivity index (χ2v) is 8.70. The van der Waals surface area contributed by atoms with Gasteiger partial charge < -0.3 is 5.32 Å². The molecule has 0 aliphatic heterocycles. The molecule has 0 saturated carbocycles. The van der Waals surface area contributed by atoms with Gasteiger partial charge in [-0.1, -0.05) is 54.1 Å². The molecular formula is C22H19ClN2O4S. The van der Waals surface area contributed by atoms with Gasteiger partial charge >= 0.3 is 0 Å². The maximum absolute atomic E-state index is 12.4. The van der Waals surface area contributed by atoms with E-state index in [4.69, 9.17) is 11.6 Å². The Morgan fingerprint density at radius 2 is 1.57 bits per heavy atom. The standard InChI is InChI=1S/C22H19ClN2O4S/c23-18-8-4-5-16(13-18)14-22(27)25-19-9-11-20(12-10-19)30(28,29)24-15-21(26)17-6-2-1-3-7-17/h1-13,24H,14-15H2,(H,25,27). The van der Waals surface area contributed by atoms with Gasteiger partial charge in [0.15, 0.2) is 5.78 Å². The Bertz CT molecular complexity index is 1150. The van der Waals surface area contributed by atoms with E-state index in [1.807, 2.05) is 0 Å². The summed E-state index contributed by atoms with van der Waals surface area (Å²) < 4.78 is 27.1. The zero-order chi connectivity index (χ0) is 21.6. The van der Waals surface area contributed by atoms with E-state index in [1.54, 1.807) is 54.6 Å². The van der Waals surface area contributed by atoms with Crippen LogP contribution < -0.4 is 10.0 Å². The van der Waals surface area contributed by atoms with Crippen molar-refractivity contribution in [3.8, 4) is 0 Å². The Morgan fingerprint density at radius 3 is 2.23 bits per heavy atom. The predicted molar refractivity (Wildman–Crippen MR) is 116 cm³/mol. The van der Waals surface area contributed by atoms with Crippen molar-refractivity contribution in [3.05, 3.63) is 95.0 Å². The molecule has 1 amide bonds. The summed E-state index contributed by atoms with van der Waals surface area (Å²) >= 11 is 5.91. The highest BCUT2D eigenvalue weighted by molar-refractivity contribution is 7.89. The lowest BCUT2D eigenvalue weighted by Crippen LogP contribution is -2.29. The van der Waals surface area contributed by atoms with E-state index in [2.05, 4.69) is 10.0 Å². The minimum Gasteiger partial charge on any atom is -0.326 e. The third kappa shape index (κ3) is 6.00. The van der Waals surface area contributed by atoms with Crippen molar-refractivity contribution in [3.63, 3.8) is 0 Å². The molecule has 0 aliphatic rings. The number of carbonyl (C=O) groups excluding carboxylic acids is 2. The first-order chi connectivity index (χ1) is 14.3. The van der Waals surface area contributed by atoms with E-state index in [9.17, 15) is 18.0 Å². The Balaban J connectivity index is 1.58. The number of benzene rings is 3. The Labute approximate surface area is 179 Å². The Morgan fingerprint density at radius 1 is 0.867 bits per heavy atom. The van der Waals surface area contributed by atoms with E-state index >= 15 is 0 Å². The van der Waals surface area contributed by atoms with Crippen molar-refractivity contribution in [2.75, 3.05) is 11.9 Å². The fraction of sp³-hybridized carbons (Fsp3) is 0.0909. The second-order valence-electron chi connectivity index (χ2n) is 6.49. The SMILES string of the molecule is O=C(Cc1cccc(Cl)c1)Nc1ccc(S(=O)(=O)NCC(=O)c2ccccc2)cc1. The number of ketones is 1. The van der Waals surface area contributed by atoms with Crippen LogP contribution in [0.4, 0.5) is 5.69 Å². The van der Waals surface area contributed by atoms with Gasteiger partial charge in [-0.3, -0.25) is 9.59 Å². The molecule has 0 unspecified atom stereocenters. The monoisotopic (exact) mass is 442 g/mol. The molecule has 0 radical (unpaired) electrons. The first kappa shape index (κ1) is 21.7. The number of hydrogen-bond donors (Lipinski definition) is 2. The molecule has 0 fully saturated rings. The van der Waals surface area contributed by atoms with E-state index < -0.39 is 10.0 Å². The average molecular weight is 443 g/mol. The van der Waals surface area contributed by atoms with Gasteiger partial charge in [-0.25, -0.2) is 13.1 Å². The minimum atomic E-state index is -3.86. The minimum absolute atomic E-state index is 0.00352. The smallest absolute Gasteiger partial charge is 0.240 e. The summed E-state index contributed by atoms with van der Waals surface area (Å²) in [4.78, 5) is 24.2. The number of halogens is 1. The van der Waals surface area contributed by atoms with Crippen LogP contribution in [-0.2, 0) is 21.2 Å². The molecule has 30 heavy (non-hydrogen) atoms. The van der Waals surface area contributed by atoms with Crippen molar-refractivity contribution in [2.45, 2.75) is 11.3 Å². The molecule has 6 nitrogen and oxygen atoms in total. The van der Waals surface area contributed by atoms with Gasteiger partial charge in [-0.05, 0) is 42.0 Å². The van der Waals surface area contributed by atoms with Crippen LogP contribution in [0.25, 0.3) is 0 Å². The summed E-state index contributed by atoms with van der Waals surface area (Å²) in [5.41, 5.74) is 1.66. The van der Waals surface area contributed by atoms with Crippen molar-refractivity contribution in [1.29, 1.82) is 0 Å². The zero-order valence-electron chi connectivity index (χ0n) is 15.8. The van der Waals surface area contributed by atoms with Crippen LogP contribution in [0.3, 0.4) is 0 Å². The van der Waals surface area contributed by atoms with Gasteiger partial charge in [0.2, 0.25) is 15.9 Å². The summed E-state index contributed by atoms with van der Waals surface area (Å²) in [6.45, 7) is -0.343. The normalized spacial score (nSPS) is 11.1. The lowest BCUT2D eigenvalue weighted by atomic mass is 10.1. The van der Waals surface area contributed by atoms with Crippen LogP contribution in [0.2, 0.25) is 5.02 Å². The van der Waals surface area contributed by atoms with Gasteiger partial charge in [-0.2, -0.15) is 0 Å².